The molecule has 1 N–H and O–H groups in total. The van der Waals surface area contributed by atoms with Crippen LogP contribution in [0.3, 0.4) is 0 Å². The Morgan fingerprint density at radius 3 is 2.43 bits per heavy atom. The van der Waals surface area contributed by atoms with E-state index >= 15 is 0 Å². The van der Waals surface area contributed by atoms with Crippen LogP contribution in [0.5, 0.6) is 0 Å². The second-order valence-electron chi connectivity index (χ2n) is 7.86. The molecule has 1 aromatic rings. The average Bonchev–Trinajstić information content (AvgIpc) is 2.78. The molecule has 2 nitrogen and oxygen atoms in total. The van der Waals surface area contributed by atoms with Crippen molar-refractivity contribution in [1.82, 2.24) is 0 Å². The van der Waals surface area contributed by atoms with Gasteiger partial charge in [-0.05, 0) is 48.5 Å². The van der Waals surface area contributed by atoms with E-state index in [1.807, 2.05) is 24.3 Å². The summed E-state index contributed by atoms with van der Waals surface area (Å²) in [6.45, 7) is 9.63. The Balaban J connectivity index is 1.63. The van der Waals surface area contributed by atoms with Crippen molar-refractivity contribution in [2.24, 2.45) is 16.7 Å². The molecular weight excluding hydrogens is 260 g/mol. The fourth-order valence-corrected chi connectivity index (χ4v) is 4.47. The Morgan fingerprint density at radius 1 is 1.24 bits per heavy atom. The van der Waals surface area contributed by atoms with Gasteiger partial charge in [0.15, 0.2) is 0 Å². The topological polar surface area (TPSA) is 29.5 Å². The van der Waals surface area contributed by atoms with Crippen LogP contribution in [0, 0.1) is 23.7 Å². The van der Waals surface area contributed by atoms with Crippen LogP contribution in [0.4, 0.5) is 0 Å². The van der Waals surface area contributed by atoms with E-state index in [0.29, 0.717) is 18.1 Å². The molecule has 4 unspecified atom stereocenters. The highest BCUT2D eigenvalue weighted by molar-refractivity contribution is 5.23. The van der Waals surface area contributed by atoms with Gasteiger partial charge in [-0.3, -0.25) is 0 Å². The van der Waals surface area contributed by atoms with Gasteiger partial charge >= 0.3 is 0 Å². The molecule has 0 heterocycles. The first kappa shape index (κ1) is 15.1. The summed E-state index contributed by atoms with van der Waals surface area (Å²) in [4.78, 5) is 0. The van der Waals surface area contributed by atoms with Crippen molar-refractivity contribution in [3.63, 3.8) is 0 Å². The van der Waals surface area contributed by atoms with Crippen molar-refractivity contribution in [2.75, 3.05) is 6.61 Å². The summed E-state index contributed by atoms with van der Waals surface area (Å²) in [6, 6.07) is 8.08. The molecule has 2 heteroatoms. The maximum atomic E-state index is 10.3. The summed E-state index contributed by atoms with van der Waals surface area (Å²) in [6.07, 6.45) is 3.53. The first-order chi connectivity index (χ1) is 9.84. The van der Waals surface area contributed by atoms with Gasteiger partial charge < -0.3 is 9.84 Å². The SMILES string of the molecule is Cc1ccc(C(O)COC2CC3CCC2(C)C3(C)C)cc1. The molecule has 0 aliphatic heterocycles. The second-order valence-corrected chi connectivity index (χ2v) is 7.86. The van der Waals surface area contributed by atoms with E-state index in [2.05, 4.69) is 27.7 Å². The lowest BCUT2D eigenvalue weighted by Crippen LogP contribution is -2.37. The fourth-order valence-electron chi connectivity index (χ4n) is 4.47. The third-order valence-corrected chi connectivity index (χ3v) is 6.63. The molecule has 2 aliphatic carbocycles. The van der Waals surface area contributed by atoms with Crippen molar-refractivity contribution in [2.45, 2.75) is 59.2 Å². The highest BCUT2D eigenvalue weighted by atomic mass is 16.5. The number of fused-ring (bicyclic) bond motifs is 2. The van der Waals surface area contributed by atoms with Gasteiger partial charge in [0.25, 0.3) is 0 Å². The van der Waals surface area contributed by atoms with Crippen molar-refractivity contribution >= 4 is 0 Å². The maximum Gasteiger partial charge on any atom is 0.102 e. The summed E-state index contributed by atoms with van der Waals surface area (Å²) >= 11 is 0. The summed E-state index contributed by atoms with van der Waals surface area (Å²) in [5.74, 6) is 0.781. The Labute approximate surface area is 128 Å². The summed E-state index contributed by atoms with van der Waals surface area (Å²) < 4.78 is 6.17. The number of hydrogen-bond donors (Lipinski definition) is 1. The molecule has 2 fully saturated rings. The van der Waals surface area contributed by atoms with Crippen LogP contribution in [0.25, 0.3) is 0 Å². The molecule has 1 aromatic carbocycles. The standard InChI is InChI=1S/C19H28O2/c1-13-5-7-14(8-6-13)16(20)12-21-17-11-15-9-10-19(17,4)18(15,2)3/h5-8,15-17,20H,9-12H2,1-4H3. The van der Waals surface area contributed by atoms with Crippen molar-refractivity contribution in [3.05, 3.63) is 35.4 Å². The van der Waals surface area contributed by atoms with E-state index in [-0.39, 0.29) is 5.41 Å². The van der Waals surface area contributed by atoms with Gasteiger partial charge in [0, 0.05) is 0 Å². The number of ether oxygens (including phenoxy) is 1. The zero-order chi connectivity index (χ0) is 15.3. The lowest BCUT2D eigenvalue weighted by Gasteiger charge is -2.39. The molecule has 0 spiro atoms. The zero-order valence-electron chi connectivity index (χ0n) is 13.7. The molecule has 2 aliphatic rings. The molecule has 4 atom stereocenters. The van der Waals surface area contributed by atoms with Gasteiger partial charge in [0.05, 0.1) is 12.7 Å². The number of rotatable bonds is 4. The number of benzene rings is 1. The first-order valence-corrected chi connectivity index (χ1v) is 8.21. The Morgan fingerprint density at radius 2 is 1.90 bits per heavy atom. The van der Waals surface area contributed by atoms with Crippen molar-refractivity contribution < 1.29 is 9.84 Å². The lowest BCUT2D eigenvalue weighted by molar-refractivity contribution is -0.0756. The minimum absolute atomic E-state index is 0.269. The minimum atomic E-state index is -0.517. The molecule has 2 bridgehead atoms. The maximum absolute atomic E-state index is 10.3. The summed E-state index contributed by atoms with van der Waals surface area (Å²) in [5, 5.41) is 10.3. The number of aliphatic hydroxyl groups is 1. The molecule has 3 rings (SSSR count). The molecule has 21 heavy (non-hydrogen) atoms. The molecule has 2 saturated carbocycles. The second kappa shape index (κ2) is 5.10. The predicted octanol–water partition coefficient (Wildman–Crippen LogP) is 4.26. The fraction of sp³-hybridized carbons (Fsp3) is 0.684. The Bertz CT molecular complexity index is 505. The number of aryl methyl sites for hydroxylation is 1. The monoisotopic (exact) mass is 288 g/mol. The smallest absolute Gasteiger partial charge is 0.102 e. The Hall–Kier alpha value is -0.860. The first-order valence-electron chi connectivity index (χ1n) is 8.21. The van der Waals surface area contributed by atoms with Crippen LogP contribution in [-0.4, -0.2) is 17.8 Å². The number of aliphatic hydroxyl groups excluding tert-OH is 1. The van der Waals surface area contributed by atoms with Gasteiger partial charge in [-0.2, -0.15) is 0 Å². The molecule has 0 aromatic heterocycles. The highest BCUT2D eigenvalue weighted by Crippen LogP contribution is 2.66. The molecule has 0 saturated heterocycles. The molecule has 0 radical (unpaired) electrons. The zero-order valence-corrected chi connectivity index (χ0v) is 13.7. The minimum Gasteiger partial charge on any atom is -0.386 e. The third-order valence-electron chi connectivity index (χ3n) is 6.63. The van der Waals surface area contributed by atoms with Gasteiger partial charge in [0.1, 0.15) is 6.10 Å². The normalized spacial score (nSPS) is 35.1. The predicted molar refractivity (Wildman–Crippen MR) is 85.1 cm³/mol. The van der Waals surface area contributed by atoms with E-state index in [0.717, 1.165) is 17.9 Å². The van der Waals surface area contributed by atoms with Crippen molar-refractivity contribution in [3.8, 4) is 0 Å². The van der Waals surface area contributed by atoms with Gasteiger partial charge in [-0.15, -0.1) is 0 Å². The lowest BCUT2D eigenvalue weighted by atomic mass is 9.70. The molecule has 116 valence electrons. The van der Waals surface area contributed by atoms with Gasteiger partial charge in [0.2, 0.25) is 0 Å². The molecular formula is C19H28O2. The van der Waals surface area contributed by atoms with Crippen LogP contribution in [0.1, 0.15) is 57.3 Å². The largest absolute Gasteiger partial charge is 0.386 e. The van der Waals surface area contributed by atoms with E-state index in [9.17, 15) is 5.11 Å². The van der Waals surface area contributed by atoms with Crippen LogP contribution < -0.4 is 0 Å². The third kappa shape index (κ3) is 2.33. The Kier molecular flexibility index (Phi) is 3.66. The highest BCUT2D eigenvalue weighted by Gasteiger charge is 2.61. The summed E-state index contributed by atoms with van der Waals surface area (Å²) in [5.41, 5.74) is 2.80. The molecule has 0 amide bonds. The van der Waals surface area contributed by atoms with E-state index in [1.54, 1.807) is 0 Å². The average molecular weight is 288 g/mol. The van der Waals surface area contributed by atoms with Crippen LogP contribution in [0.15, 0.2) is 24.3 Å². The van der Waals surface area contributed by atoms with Gasteiger partial charge in [-0.25, -0.2) is 0 Å². The van der Waals surface area contributed by atoms with E-state index < -0.39 is 6.10 Å². The van der Waals surface area contributed by atoms with Crippen LogP contribution >= 0.6 is 0 Å². The van der Waals surface area contributed by atoms with Crippen LogP contribution in [0.2, 0.25) is 0 Å². The van der Waals surface area contributed by atoms with Crippen LogP contribution in [-0.2, 0) is 4.74 Å². The van der Waals surface area contributed by atoms with E-state index in [4.69, 9.17) is 4.74 Å². The number of hydrogen-bond acceptors (Lipinski definition) is 2. The van der Waals surface area contributed by atoms with Gasteiger partial charge in [-0.1, -0.05) is 50.6 Å². The van der Waals surface area contributed by atoms with E-state index in [1.165, 1.54) is 18.4 Å². The summed E-state index contributed by atoms with van der Waals surface area (Å²) in [7, 11) is 0. The van der Waals surface area contributed by atoms with Crippen molar-refractivity contribution in [1.29, 1.82) is 0 Å². The quantitative estimate of drug-likeness (QED) is 0.897.